The number of aryl methyl sites for hydroxylation is 1. The van der Waals surface area contributed by atoms with Gasteiger partial charge in [0.15, 0.2) is 0 Å². The SMILES string of the molecule is CCCNCc1cc(C)nc(OCCc2cccs2)c1. The summed E-state index contributed by atoms with van der Waals surface area (Å²) < 4.78 is 5.77. The Morgan fingerprint density at radius 3 is 3.00 bits per heavy atom. The van der Waals surface area contributed by atoms with Crippen LogP contribution in [0, 0.1) is 6.92 Å². The molecule has 0 fully saturated rings. The molecule has 0 atom stereocenters. The van der Waals surface area contributed by atoms with Crippen LogP contribution in [0.3, 0.4) is 0 Å². The van der Waals surface area contributed by atoms with Crippen molar-refractivity contribution in [3.63, 3.8) is 0 Å². The number of pyridine rings is 1. The minimum Gasteiger partial charge on any atom is -0.477 e. The van der Waals surface area contributed by atoms with Crippen LogP contribution in [0.25, 0.3) is 0 Å². The molecular formula is C16H22N2OS. The summed E-state index contributed by atoms with van der Waals surface area (Å²) in [6.45, 7) is 6.77. The van der Waals surface area contributed by atoms with Gasteiger partial charge in [0.2, 0.25) is 5.88 Å². The number of hydrogen-bond acceptors (Lipinski definition) is 4. The predicted molar refractivity (Wildman–Crippen MR) is 84.5 cm³/mol. The average Bonchev–Trinajstić information content (AvgIpc) is 2.92. The lowest BCUT2D eigenvalue weighted by atomic mass is 10.2. The Hall–Kier alpha value is -1.39. The second kappa shape index (κ2) is 8.02. The lowest BCUT2D eigenvalue weighted by Crippen LogP contribution is -2.14. The van der Waals surface area contributed by atoms with Crippen molar-refractivity contribution >= 4 is 11.3 Å². The van der Waals surface area contributed by atoms with Gasteiger partial charge in [0.05, 0.1) is 6.61 Å². The van der Waals surface area contributed by atoms with Crippen LogP contribution >= 0.6 is 11.3 Å². The third kappa shape index (κ3) is 4.94. The fourth-order valence-electron chi connectivity index (χ4n) is 2.00. The molecule has 3 nitrogen and oxygen atoms in total. The average molecular weight is 290 g/mol. The van der Waals surface area contributed by atoms with Gasteiger partial charge in [-0.05, 0) is 43.0 Å². The normalized spacial score (nSPS) is 10.7. The Bertz CT molecular complexity index is 511. The molecule has 20 heavy (non-hydrogen) atoms. The van der Waals surface area contributed by atoms with Crippen LogP contribution in [-0.2, 0) is 13.0 Å². The predicted octanol–water partition coefficient (Wildman–Crippen LogP) is 3.57. The van der Waals surface area contributed by atoms with Crippen molar-refractivity contribution in [2.24, 2.45) is 0 Å². The van der Waals surface area contributed by atoms with E-state index in [1.807, 2.05) is 13.0 Å². The van der Waals surface area contributed by atoms with E-state index < -0.39 is 0 Å². The molecule has 0 aliphatic rings. The summed E-state index contributed by atoms with van der Waals surface area (Å²) in [6, 6.07) is 8.35. The number of nitrogens with one attached hydrogen (secondary N) is 1. The van der Waals surface area contributed by atoms with E-state index in [1.165, 1.54) is 10.4 Å². The van der Waals surface area contributed by atoms with Gasteiger partial charge in [0, 0.05) is 29.6 Å². The summed E-state index contributed by atoms with van der Waals surface area (Å²) in [5.41, 5.74) is 2.24. The van der Waals surface area contributed by atoms with Gasteiger partial charge < -0.3 is 10.1 Å². The van der Waals surface area contributed by atoms with E-state index in [9.17, 15) is 0 Å². The molecule has 0 aliphatic heterocycles. The molecule has 0 bridgehead atoms. The topological polar surface area (TPSA) is 34.2 Å². The summed E-state index contributed by atoms with van der Waals surface area (Å²) in [4.78, 5) is 5.78. The molecule has 0 amide bonds. The zero-order valence-corrected chi connectivity index (χ0v) is 13.0. The highest BCUT2D eigenvalue weighted by atomic mass is 32.1. The first-order valence-corrected chi connectivity index (χ1v) is 7.99. The van der Waals surface area contributed by atoms with Crippen LogP contribution in [0.1, 0.15) is 29.5 Å². The number of aromatic nitrogens is 1. The first kappa shape index (κ1) is 15.0. The molecule has 0 radical (unpaired) electrons. The van der Waals surface area contributed by atoms with Gasteiger partial charge in [-0.2, -0.15) is 0 Å². The van der Waals surface area contributed by atoms with Gasteiger partial charge in [-0.1, -0.05) is 13.0 Å². The first-order valence-electron chi connectivity index (χ1n) is 7.11. The summed E-state index contributed by atoms with van der Waals surface area (Å²) in [5.74, 6) is 0.731. The maximum Gasteiger partial charge on any atom is 0.213 e. The molecule has 1 N–H and O–H groups in total. The molecule has 2 aromatic rings. The molecule has 2 heterocycles. The minimum atomic E-state index is 0.679. The molecule has 0 aromatic carbocycles. The molecule has 108 valence electrons. The lowest BCUT2D eigenvalue weighted by molar-refractivity contribution is 0.309. The Labute approximate surface area is 125 Å². The van der Waals surface area contributed by atoms with Crippen LogP contribution in [0.2, 0.25) is 0 Å². The number of rotatable bonds is 8. The van der Waals surface area contributed by atoms with Gasteiger partial charge >= 0.3 is 0 Å². The van der Waals surface area contributed by atoms with Gasteiger partial charge in [0.25, 0.3) is 0 Å². The molecule has 2 rings (SSSR count). The maximum atomic E-state index is 5.77. The highest BCUT2D eigenvalue weighted by molar-refractivity contribution is 7.09. The number of thiophene rings is 1. The van der Waals surface area contributed by atoms with Crippen LogP contribution in [0.5, 0.6) is 5.88 Å². The van der Waals surface area contributed by atoms with E-state index in [0.29, 0.717) is 6.61 Å². The van der Waals surface area contributed by atoms with Crippen LogP contribution < -0.4 is 10.1 Å². The molecule has 0 saturated heterocycles. The molecule has 0 spiro atoms. The van der Waals surface area contributed by atoms with Crippen molar-refractivity contribution < 1.29 is 4.74 Å². The molecule has 0 aliphatic carbocycles. The smallest absolute Gasteiger partial charge is 0.213 e. The third-order valence-corrected chi connectivity index (χ3v) is 3.86. The molecular weight excluding hydrogens is 268 g/mol. The van der Waals surface area contributed by atoms with E-state index in [-0.39, 0.29) is 0 Å². The lowest BCUT2D eigenvalue weighted by Gasteiger charge is -2.09. The standard InChI is InChI=1S/C16H22N2OS/c1-3-7-17-12-14-10-13(2)18-16(11-14)19-8-6-15-5-4-9-20-15/h4-5,9-11,17H,3,6-8,12H2,1-2H3. The molecule has 0 saturated carbocycles. The van der Waals surface area contributed by atoms with E-state index in [4.69, 9.17) is 4.74 Å². The Kier molecular flexibility index (Phi) is 6.02. The van der Waals surface area contributed by atoms with Crippen molar-refractivity contribution in [2.75, 3.05) is 13.2 Å². The van der Waals surface area contributed by atoms with Crippen molar-refractivity contribution in [2.45, 2.75) is 33.2 Å². The van der Waals surface area contributed by atoms with Crippen molar-refractivity contribution in [3.05, 3.63) is 45.8 Å². The van der Waals surface area contributed by atoms with Crippen molar-refractivity contribution in [1.82, 2.24) is 10.3 Å². The summed E-state index contributed by atoms with van der Waals surface area (Å²) in [5, 5.41) is 5.50. The van der Waals surface area contributed by atoms with Crippen molar-refractivity contribution in [3.8, 4) is 5.88 Å². The van der Waals surface area contributed by atoms with Crippen LogP contribution in [0.15, 0.2) is 29.6 Å². The van der Waals surface area contributed by atoms with Crippen LogP contribution in [-0.4, -0.2) is 18.1 Å². The molecule has 0 unspecified atom stereocenters. The van der Waals surface area contributed by atoms with Gasteiger partial charge in [-0.15, -0.1) is 11.3 Å². The zero-order valence-electron chi connectivity index (χ0n) is 12.2. The van der Waals surface area contributed by atoms with E-state index >= 15 is 0 Å². The minimum absolute atomic E-state index is 0.679. The fraction of sp³-hybridized carbons (Fsp3) is 0.438. The fourth-order valence-corrected chi connectivity index (χ4v) is 2.69. The van der Waals surface area contributed by atoms with E-state index in [1.54, 1.807) is 11.3 Å². The highest BCUT2D eigenvalue weighted by Gasteiger charge is 2.02. The summed E-state index contributed by atoms with van der Waals surface area (Å²) in [7, 11) is 0. The van der Waals surface area contributed by atoms with Gasteiger partial charge in [-0.3, -0.25) is 0 Å². The first-order chi connectivity index (χ1) is 9.78. The summed E-state index contributed by atoms with van der Waals surface area (Å²) in [6.07, 6.45) is 2.09. The summed E-state index contributed by atoms with van der Waals surface area (Å²) >= 11 is 1.77. The largest absolute Gasteiger partial charge is 0.477 e. The second-order valence-corrected chi connectivity index (χ2v) is 5.84. The number of ether oxygens (including phenoxy) is 1. The Morgan fingerprint density at radius 1 is 1.35 bits per heavy atom. The third-order valence-electron chi connectivity index (χ3n) is 2.92. The van der Waals surface area contributed by atoms with Gasteiger partial charge in [0.1, 0.15) is 0 Å². The Morgan fingerprint density at radius 2 is 2.25 bits per heavy atom. The Balaban J connectivity index is 1.86. The van der Waals surface area contributed by atoms with E-state index in [0.717, 1.165) is 37.5 Å². The quantitative estimate of drug-likeness (QED) is 0.755. The van der Waals surface area contributed by atoms with Crippen molar-refractivity contribution in [1.29, 1.82) is 0 Å². The highest BCUT2D eigenvalue weighted by Crippen LogP contribution is 2.14. The molecule has 2 aromatic heterocycles. The zero-order chi connectivity index (χ0) is 14.2. The number of hydrogen-bond donors (Lipinski definition) is 1. The van der Waals surface area contributed by atoms with E-state index in [2.05, 4.69) is 40.8 Å². The monoisotopic (exact) mass is 290 g/mol. The maximum absolute atomic E-state index is 5.77. The van der Waals surface area contributed by atoms with Gasteiger partial charge in [-0.25, -0.2) is 4.98 Å². The molecule has 4 heteroatoms. The number of nitrogens with zero attached hydrogens (tertiary/aromatic N) is 1. The van der Waals surface area contributed by atoms with Crippen LogP contribution in [0.4, 0.5) is 0 Å². The second-order valence-electron chi connectivity index (χ2n) is 4.81.